The Morgan fingerprint density at radius 1 is 1.20 bits per heavy atom. The number of carbonyl (C=O) groups excluding carboxylic acids is 1. The van der Waals surface area contributed by atoms with Gasteiger partial charge in [0.25, 0.3) is 10.0 Å². The highest BCUT2D eigenvalue weighted by molar-refractivity contribution is 7.90. The molecule has 0 radical (unpaired) electrons. The average Bonchev–Trinajstić information content (AvgIpc) is 3.20. The van der Waals surface area contributed by atoms with Gasteiger partial charge in [-0.3, -0.25) is 4.68 Å². The quantitative estimate of drug-likeness (QED) is 0.426. The van der Waals surface area contributed by atoms with E-state index in [9.17, 15) is 13.2 Å². The highest BCUT2D eigenvalue weighted by Gasteiger charge is 2.26. The summed E-state index contributed by atoms with van der Waals surface area (Å²) in [5.41, 5.74) is 6.55. The molecule has 0 spiro atoms. The number of nitrogens with one attached hydrogen (secondary N) is 2. The van der Waals surface area contributed by atoms with Crippen molar-refractivity contribution in [1.82, 2.24) is 23.9 Å². The number of sulfonamides is 1. The maximum Gasteiger partial charge on any atom is 0.333 e. The Hall–Kier alpha value is -3.66. The number of amides is 2. The molecule has 0 atom stereocenters. The van der Waals surface area contributed by atoms with Crippen LogP contribution in [-0.2, 0) is 29.4 Å². The molecule has 9 nitrogen and oxygen atoms in total. The van der Waals surface area contributed by atoms with Gasteiger partial charge in [0.05, 0.1) is 11.9 Å². The number of anilines is 1. The number of pyridine rings is 1. The molecule has 1 saturated carbocycles. The lowest BCUT2D eigenvalue weighted by Gasteiger charge is -2.19. The standard InChI is InChI=1S/C25H26N6O3S/c1-16-11-18-3-2-4-21(18)24(23(16)19-7-8-22-26-9-10-30(22)14-19)28-25(32)29-35(33,34)20-12-27-31(15-20)13-17-5-6-17/h7-12,14-15,17H,2-6,13H2,1H3,(H2,28,29,32). The fraction of sp³-hybridized carbons (Fsp3) is 0.320. The van der Waals surface area contributed by atoms with Gasteiger partial charge in [-0.1, -0.05) is 6.07 Å². The third kappa shape index (κ3) is 4.18. The average molecular weight is 491 g/mol. The highest BCUT2D eigenvalue weighted by Crippen LogP contribution is 2.40. The SMILES string of the molecule is Cc1cc2c(c(NC(=O)NS(=O)(=O)c3cnn(CC4CC4)c3)c1-c1ccc3nccn3c1)CCC2. The summed E-state index contributed by atoms with van der Waals surface area (Å²) in [6, 6.07) is 5.28. The van der Waals surface area contributed by atoms with Gasteiger partial charge >= 0.3 is 6.03 Å². The maximum absolute atomic E-state index is 13.0. The molecule has 0 aliphatic heterocycles. The minimum absolute atomic E-state index is 0.0199. The Kier molecular flexibility index (Phi) is 5.14. The molecule has 2 amide bonds. The molecule has 1 aromatic carbocycles. The third-order valence-electron chi connectivity index (χ3n) is 6.80. The number of hydrogen-bond donors (Lipinski definition) is 2. The zero-order chi connectivity index (χ0) is 24.2. The predicted molar refractivity (Wildman–Crippen MR) is 132 cm³/mol. The molecule has 0 bridgehead atoms. The van der Waals surface area contributed by atoms with Crippen LogP contribution >= 0.6 is 0 Å². The van der Waals surface area contributed by atoms with Crippen molar-refractivity contribution in [3.8, 4) is 11.1 Å². The summed E-state index contributed by atoms with van der Waals surface area (Å²) in [6.07, 6.45) is 13.4. The molecule has 6 rings (SSSR count). The van der Waals surface area contributed by atoms with Crippen LogP contribution in [0, 0.1) is 12.8 Å². The number of hydrogen-bond acceptors (Lipinski definition) is 5. The second-order valence-corrected chi connectivity index (χ2v) is 11.1. The van der Waals surface area contributed by atoms with Gasteiger partial charge in [0.1, 0.15) is 10.5 Å². The van der Waals surface area contributed by atoms with Gasteiger partial charge in [-0.2, -0.15) is 5.10 Å². The Labute approximate surface area is 203 Å². The Balaban J connectivity index is 1.32. The van der Waals surface area contributed by atoms with Crippen molar-refractivity contribution in [2.75, 3.05) is 5.32 Å². The van der Waals surface area contributed by atoms with Gasteiger partial charge in [0.15, 0.2) is 0 Å². The first-order chi connectivity index (χ1) is 16.9. The summed E-state index contributed by atoms with van der Waals surface area (Å²) in [5, 5.41) is 7.03. The Bertz CT molecular complexity index is 1570. The number of fused-ring (bicyclic) bond motifs is 2. The zero-order valence-electron chi connectivity index (χ0n) is 19.4. The van der Waals surface area contributed by atoms with Gasteiger partial charge in [-0.25, -0.2) is 22.9 Å². The molecule has 2 aliphatic carbocycles. The molecule has 180 valence electrons. The largest absolute Gasteiger partial charge is 0.333 e. The second-order valence-electron chi connectivity index (χ2n) is 9.45. The van der Waals surface area contributed by atoms with Crippen LogP contribution in [0.3, 0.4) is 0 Å². The van der Waals surface area contributed by atoms with E-state index in [1.54, 1.807) is 10.9 Å². The van der Waals surface area contributed by atoms with Crippen LogP contribution in [0.2, 0.25) is 0 Å². The van der Waals surface area contributed by atoms with Crippen molar-refractivity contribution >= 4 is 27.4 Å². The molecule has 4 aromatic rings. The first-order valence-corrected chi connectivity index (χ1v) is 13.3. The van der Waals surface area contributed by atoms with Gasteiger partial charge in [-0.15, -0.1) is 0 Å². The van der Waals surface area contributed by atoms with E-state index in [0.29, 0.717) is 18.2 Å². The highest BCUT2D eigenvalue weighted by atomic mass is 32.2. The normalized spacial score (nSPS) is 15.3. The van der Waals surface area contributed by atoms with Crippen molar-refractivity contribution in [2.24, 2.45) is 5.92 Å². The molecule has 3 heterocycles. The fourth-order valence-electron chi connectivity index (χ4n) is 4.94. The van der Waals surface area contributed by atoms with E-state index in [4.69, 9.17) is 0 Å². The summed E-state index contributed by atoms with van der Waals surface area (Å²) < 4.78 is 31.5. The number of benzene rings is 1. The summed E-state index contributed by atoms with van der Waals surface area (Å²) in [6.45, 7) is 2.71. The summed E-state index contributed by atoms with van der Waals surface area (Å²) >= 11 is 0. The van der Waals surface area contributed by atoms with E-state index >= 15 is 0 Å². The van der Waals surface area contributed by atoms with Gasteiger partial charge in [0.2, 0.25) is 0 Å². The lowest BCUT2D eigenvalue weighted by atomic mass is 9.93. The zero-order valence-corrected chi connectivity index (χ0v) is 20.2. The number of nitrogens with zero attached hydrogens (tertiary/aromatic N) is 4. The summed E-state index contributed by atoms with van der Waals surface area (Å²) in [7, 11) is -4.05. The summed E-state index contributed by atoms with van der Waals surface area (Å²) in [4.78, 5) is 17.3. The maximum atomic E-state index is 13.0. The van der Waals surface area contributed by atoms with Crippen molar-refractivity contribution in [1.29, 1.82) is 0 Å². The van der Waals surface area contributed by atoms with Crippen molar-refractivity contribution in [3.05, 3.63) is 65.9 Å². The number of aryl methyl sites for hydroxylation is 2. The number of urea groups is 1. The number of aromatic nitrogens is 4. The van der Waals surface area contributed by atoms with Crippen LogP contribution in [0.4, 0.5) is 10.5 Å². The molecular weight excluding hydrogens is 464 g/mol. The van der Waals surface area contributed by atoms with E-state index < -0.39 is 16.1 Å². The van der Waals surface area contributed by atoms with E-state index in [1.807, 2.05) is 35.9 Å². The Morgan fingerprint density at radius 2 is 2.06 bits per heavy atom. The molecule has 2 aliphatic rings. The first kappa shape index (κ1) is 21.8. The lowest BCUT2D eigenvalue weighted by Crippen LogP contribution is -2.34. The van der Waals surface area contributed by atoms with Crippen molar-refractivity contribution < 1.29 is 13.2 Å². The van der Waals surface area contributed by atoms with Crippen LogP contribution in [0.5, 0.6) is 0 Å². The molecular formula is C25H26N6O3S. The van der Waals surface area contributed by atoms with Gasteiger partial charge in [0, 0.05) is 42.5 Å². The van der Waals surface area contributed by atoms with E-state index in [-0.39, 0.29) is 4.90 Å². The fourth-order valence-corrected chi connectivity index (χ4v) is 5.80. The minimum Gasteiger partial charge on any atom is -0.306 e. The lowest BCUT2D eigenvalue weighted by molar-refractivity contribution is 0.256. The number of rotatable bonds is 6. The van der Waals surface area contributed by atoms with E-state index in [1.165, 1.54) is 18.0 Å². The van der Waals surface area contributed by atoms with Crippen LogP contribution in [0.15, 0.2) is 54.1 Å². The topological polar surface area (TPSA) is 110 Å². The van der Waals surface area contributed by atoms with Crippen molar-refractivity contribution in [2.45, 2.75) is 50.5 Å². The first-order valence-electron chi connectivity index (χ1n) is 11.8. The van der Waals surface area contributed by atoms with Gasteiger partial charge in [-0.05, 0) is 73.8 Å². The minimum atomic E-state index is -4.05. The third-order valence-corrected chi connectivity index (χ3v) is 8.09. The predicted octanol–water partition coefficient (Wildman–Crippen LogP) is 3.92. The van der Waals surface area contributed by atoms with Crippen molar-refractivity contribution in [3.63, 3.8) is 0 Å². The van der Waals surface area contributed by atoms with Crippen LogP contribution in [0.1, 0.15) is 36.0 Å². The number of imidazole rings is 1. The second kappa shape index (κ2) is 8.23. The molecule has 0 unspecified atom stereocenters. The molecule has 35 heavy (non-hydrogen) atoms. The monoisotopic (exact) mass is 490 g/mol. The van der Waals surface area contributed by atoms with Crippen LogP contribution < -0.4 is 10.0 Å². The number of carbonyl (C=O) groups is 1. The van der Waals surface area contributed by atoms with Crippen LogP contribution in [-0.4, -0.2) is 33.6 Å². The van der Waals surface area contributed by atoms with Crippen LogP contribution in [0.25, 0.3) is 16.8 Å². The molecule has 1 fully saturated rings. The molecule has 3 aromatic heterocycles. The summed E-state index contributed by atoms with van der Waals surface area (Å²) in [5.74, 6) is 0.560. The molecule has 10 heteroatoms. The Morgan fingerprint density at radius 3 is 2.89 bits per heavy atom. The van der Waals surface area contributed by atoms with E-state index in [2.05, 4.69) is 26.2 Å². The molecule has 2 N–H and O–H groups in total. The smallest absolute Gasteiger partial charge is 0.306 e. The molecule has 0 saturated heterocycles. The van der Waals surface area contributed by atoms with Gasteiger partial charge < -0.3 is 9.72 Å². The van der Waals surface area contributed by atoms with E-state index in [0.717, 1.165) is 60.0 Å².